The van der Waals surface area contributed by atoms with Crippen molar-refractivity contribution in [3.63, 3.8) is 0 Å². The number of fused-ring (bicyclic) bond motifs is 1. The predicted octanol–water partition coefficient (Wildman–Crippen LogP) is 3.86. The molecule has 0 saturated carbocycles. The lowest BCUT2D eigenvalue weighted by atomic mass is 9.88. The lowest BCUT2D eigenvalue weighted by molar-refractivity contribution is -0.193. The molecule has 2 aromatic rings. The standard InChI is InChI=1S/C19H22N4O.3C2HF3O2/c24-19-18-14-22(11-15-3-1-6-20-9-15)13-17(18)5-8-23(19)12-16-4-2-7-21-10-16;3*3-2(4,5)1(6)7/h1-4,6-7,9-10,17-18H,5,8,11-14H2;3*(H,6,7)/t17-,18-;;;/m0.../s1. The SMILES string of the molecule is O=C(O)C(F)(F)F.O=C(O)C(F)(F)F.O=C(O)C(F)(F)F.O=C1[C@H]2CN(Cc3cccnc3)C[C@@H]2CCN1Cc1cccnc1. The Bertz CT molecular complexity index is 1200. The number of hydrogen-bond acceptors (Lipinski definition) is 7. The Kier molecular flexibility index (Phi) is 14.2. The second kappa shape index (κ2) is 16.5. The largest absolute Gasteiger partial charge is 0.490 e. The van der Waals surface area contributed by atoms with Gasteiger partial charge in [-0.3, -0.25) is 19.7 Å². The van der Waals surface area contributed by atoms with E-state index in [9.17, 15) is 44.3 Å². The number of piperidine rings is 1. The third kappa shape index (κ3) is 14.2. The summed E-state index contributed by atoms with van der Waals surface area (Å²) in [6, 6.07) is 8.04. The highest BCUT2D eigenvalue weighted by atomic mass is 19.4. The van der Waals surface area contributed by atoms with Crippen LogP contribution in [0.15, 0.2) is 49.1 Å². The smallest absolute Gasteiger partial charge is 0.475 e. The van der Waals surface area contributed by atoms with Gasteiger partial charge in [0, 0.05) is 57.5 Å². The molecule has 2 aliphatic rings. The van der Waals surface area contributed by atoms with Gasteiger partial charge in [-0.05, 0) is 35.6 Å². The molecular formula is C25H25F9N4O7. The van der Waals surface area contributed by atoms with Crippen LogP contribution >= 0.6 is 0 Å². The second-order valence-electron chi connectivity index (χ2n) is 9.24. The van der Waals surface area contributed by atoms with E-state index in [2.05, 4.69) is 20.9 Å². The van der Waals surface area contributed by atoms with E-state index in [1.807, 2.05) is 35.5 Å². The van der Waals surface area contributed by atoms with E-state index in [1.54, 1.807) is 12.4 Å². The zero-order chi connectivity index (χ0) is 34.6. The van der Waals surface area contributed by atoms with Crippen molar-refractivity contribution in [3.05, 3.63) is 60.2 Å². The number of pyridine rings is 2. The van der Waals surface area contributed by atoms with E-state index in [1.165, 1.54) is 5.56 Å². The van der Waals surface area contributed by atoms with E-state index < -0.39 is 36.4 Å². The monoisotopic (exact) mass is 664 g/mol. The fourth-order valence-electron chi connectivity index (χ4n) is 3.95. The van der Waals surface area contributed by atoms with Crippen molar-refractivity contribution in [2.45, 2.75) is 38.0 Å². The summed E-state index contributed by atoms with van der Waals surface area (Å²) in [6.07, 6.45) is -6.82. The van der Waals surface area contributed by atoms with Gasteiger partial charge in [0.05, 0.1) is 5.92 Å². The summed E-state index contributed by atoms with van der Waals surface area (Å²) in [4.78, 5) is 52.3. The molecule has 0 spiro atoms. The molecule has 2 aliphatic heterocycles. The van der Waals surface area contributed by atoms with Crippen molar-refractivity contribution < 1.29 is 74.0 Å². The van der Waals surface area contributed by atoms with Crippen LogP contribution in [0.5, 0.6) is 0 Å². The molecule has 45 heavy (non-hydrogen) atoms. The summed E-state index contributed by atoms with van der Waals surface area (Å²) >= 11 is 0. The number of alkyl halides is 9. The van der Waals surface area contributed by atoms with E-state index in [-0.39, 0.29) is 5.92 Å². The molecule has 20 heteroatoms. The maximum atomic E-state index is 12.9. The molecule has 250 valence electrons. The Labute approximate surface area is 247 Å². The molecule has 3 N–H and O–H groups in total. The number of hydrogen-bond donors (Lipinski definition) is 3. The van der Waals surface area contributed by atoms with Crippen LogP contribution in [0, 0.1) is 11.8 Å². The van der Waals surface area contributed by atoms with Crippen LogP contribution in [-0.2, 0) is 32.3 Å². The number of aromatic nitrogens is 2. The maximum Gasteiger partial charge on any atom is 0.490 e. The minimum Gasteiger partial charge on any atom is -0.475 e. The molecular weight excluding hydrogens is 639 g/mol. The Balaban J connectivity index is 0.000000396. The minimum absolute atomic E-state index is 0.145. The van der Waals surface area contributed by atoms with Crippen LogP contribution in [0.2, 0.25) is 0 Å². The Morgan fingerprint density at radius 3 is 1.49 bits per heavy atom. The highest BCUT2D eigenvalue weighted by Gasteiger charge is 2.43. The summed E-state index contributed by atoms with van der Waals surface area (Å²) in [5, 5.41) is 21.4. The summed E-state index contributed by atoms with van der Waals surface area (Å²) in [6.45, 7) is 4.30. The molecule has 0 aliphatic carbocycles. The average molecular weight is 664 g/mol. The molecule has 0 bridgehead atoms. The van der Waals surface area contributed by atoms with Crippen LogP contribution in [0.1, 0.15) is 17.5 Å². The lowest BCUT2D eigenvalue weighted by Gasteiger charge is -2.33. The van der Waals surface area contributed by atoms with E-state index in [0.717, 1.165) is 38.2 Å². The third-order valence-corrected chi connectivity index (χ3v) is 5.87. The highest BCUT2D eigenvalue weighted by Crippen LogP contribution is 2.33. The fraction of sp³-hybridized carbons (Fsp3) is 0.440. The number of rotatable bonds is 4. The molecule has 4 rings (SSSR count). The van der Waals surface area contributed by atoms with Gasteiger partial charge >= 0.3 is 36.4 Å². The Morgan fingerprint density at radius 1 is 0.733 bits per heavy atom. The molecule has 0 radical (unpaired) electrons. The lowest BCUT2D eigenvalue weighted by Crippen LogP contribution is -2.44. The van der Waals surface area contributed by atoms with Gasteiger partial charge in [0.1, 0.15) is 0 Å². The van der Waals surface area contributed by atoms with E-state index in [0.29, 0.717) is 18.4 Å². The molecule has 11 nitrogen and oxygen atoms in total. The molecule has 0 unspecified atom stereocenters. The van der Waals surface area contributed by atoms with Gasteiger partial charge in [-0.25, -0.2) is 14.4 Å². The normalized spacial score (nSPS) is 18.2. The maximum absolute atomic E-state index is 12.9. The zero-order valence-corrected chi connectivity index (χ0v) is 22.7. The van der Waals surface area contributed by atoms with E-state index >= 15 is 0 Å². The van der Waals surface area contributed by atoms with Gasteiger partial charge in [0.15, 0.2) is 0 Å². The molecule has 4 heterocycles. The van der Waals surface area contributed by atoms with Crippen LogP contribution < -0.4 is 0 Å². The Hall–Kier alpha value is -4.49. The van der Waals surface area contributed by atoms with Gasteiger partial charge < -0.3 is 20.2 Å². The summed E-state index contributed by atoms with van der Waals surface area (Å²) < 4.78 is 95.2. The molecule has 2 fully saturated rings. The number of likely N-dealkylation sites (tertiary alicyclic amines) is 2. The number of carboxylic acid groups (broad SMARTS) is 3. The first-order valence-corrected chi connectivity index (χ1v) is 12.3. The molecule has 1 amide bonds. The minimum atomic E-state index is -5.08. The number of nitrogens with zero attached hydrogens (tertiary/aromatic N) is 4. The van der Waals surface area contributed by atoms with Crippen LogP contribution in [-0.4, -0.2) is 97.1 Å². The zero-order valence-electron chi connectivity index (χ0n) is 22.7. The first-order valence-electron chi connectivity index (χ1n) is 12.3. The van der Waals surface area contributed by atoms with Gasteiger partial charge in [0.2, 0.25) is 5.91 Å². The summed E-state index contributed by atoms with van der Waals surface area (Å²) in [5.74, 6) is -7.32. The predicted molar refractivity (Wildman–Crippen MR) is 132 cm³/mol. The van der Waals surface area contributed by atoms with Crippen LogP contribution in [0.4, 0.5) is 39.5 Å². The van der Waals surface area contributed by atoms with Crippen molar-refractivity contribution in [2.75, 3.05) is 19.6 Å². The molecule has 2 atom stereocenters. The van der Waals surface area contributed by atoms with Crippen molar-refractivity contribution in [2.24, 2.45) is 11.8 Å². The van der Waals surface area contributed by atoms with E-state index in [4.69, 9.17) is 29.7 Å². The van der Waals surface area contributed by atoms with Gasteiger partial charge in [0.25, 0.3) is 0 Å². The third-order valence-electron chi connectivity index (χ3n) is 5.87. The van der Waals surface area contributed by atoms with Crippen LogP contribution in [0.3, 0.4) is 0 Å². The molecule has 2 aromatic heterocycles. The summed E-state index contributed by atoms with van der Waals surface area (Å²) in [5.41, 5.74) is 2.32. The topological polar surface area (TPSA) is 161 Å². The average Bonchev–Trinajstić information content (AvgIpc) is 3.34. The van der Waals surface area contributed by atoms with Gasteiger partial charge in [-0.1, -0.05) is 12.1 Å². The van der Waals surface area contributed by atoms with Crippen molar-refractivity contribution in [3.8, 4) is 0 Å². The van der Waals surface area contributed by atoms with Crippen molar-refractivity contribution in [1.29, 1.82) is 0 Å². The number of carbonyl (C=O) groups is 4. The number of carbonyl (C=O) groups excluding carboxylic acids is 1. The number of carboxylic acids is 3. The van der Waals surface area contributed by atoms with Crippen LogP contribution in [0.25, 0.3) is 0 Å². The van der Waals surface area contributed by atoms with Crippen molar-refractivity contribution in [1.82, 2.24) is 19.8 Å². The quantitative estimate of drug-likeness (QED) is 0.410. The first kappa shape index (κ1) is 38.5. The number of halogens is 9. The van der Waals surface area contributed by atoms with Gasteiger partial charge in [-0.15, -0.1) is 0 Å². The highest BCUT2D eigenvalue weighted by molar-refractivity contribution is 5.80. The number of aliphatic carboxylic acids is 3. The second-order valence-corrected chi connectivity index (χ2v) is 9.24. The van der Waals surface area contributed by atoms with Gasteiger partial charge in [-0.2, -0.15) is 39.5 Å². The first-order chi connectivity index (χ1) is 20.6. The Morgan fingerprint density at radius 2 is 1.13 bits per heavy atom. The molecule has 0 aromatic carbocycles. The summed E-state index contributed by atoms with van der Waals surface area (Å²) in [7, 11) is 0. The number of amides is 1. The fourth-order valence-corrected chi connectivity index (χ4v) is 3.95. The van der Waals surface area contributed by atoms with Crippen molar-refractivity contribution >= 4 is 23.8 Å². The molecule has 2 saturated heterocycles.